The number of hydrogen-bond acceptors (Lipinski definition) is 5. The minimum Gasteiger partial charge on any atom is -0.336 e. The largest absolute Gasteiger partial charge is 0.336 e. The average Bonchev–Trinajstić information content (AvgIpc) is 3.03. The third-order valence-electron chi connectivity index (χ3n) is 3.43. The summed E-state index contributed by atoms with van der Waals surface area (Å²) in [4.78, 5) is 18.9. The van der Waals surface area contributed by atoms with Crippen molar-refractivity contribution in [2.24, 2.45) is 0 Å². The number of nitrogens with one attached hydrogen (secondary N) is 1. The summed E-state index contributed by atoms with van der Waals surface area (Å²) in [5.74, 6) is -0.114. The Morgan fingerprint density at radius 2 is 2.32 bits per heavy atom. The van der Waals surface area contributed by atoms with E-state index in [0.29, 0.717) is 34.9 Å². The van der Waals surface area contributed by atoms with E-state index in [2.05, 4.69) is 9.71 Å². The maximum atomic E-state index is 12.5. The molecule has 1 amide bonds. The smallest absolute Gasteiger partial charge is 0.264 e. The second kappa shape index (κ2) is 5.77. The van der Waals surface area contributed by atoms with E-state index in [-0.39, 0.29) is 11.9 Å². The Morgan fingerprint density at radius 1 is 1.55 bits per heavy atom. The molecule has 1 N–H and O–H groups in total. The highest BCUT2D eigenvalue weighted by molar-refractivity contribution is 7.88. The first-order chi connectivity index (χ1) is 10.3. The van der Waals surface area contributed by atoms with Gasteiger partial charge in [-0.2, -0.15) is 0 Å². The van der Waals surface area contributed by atoms with E-state index >= 15 is 0 Å². The molecule has 1 aliphatic rings. The number of aromatic nitrogens is 1. The van der Waals surface area contributed by atoms with Crippen LogP contribution in [-0.4, -0.2) is 49.6 Å². The molecule has 1 fully saturated rings. The molecule has 0 aromatic carbocycles. The highest BCUT2D eigenvalue weighted by Crippen LogP contribution is 2.31. The third kappa shape index (κ3) is 3.24. The van der Waals surface area contributed by atoms with Gasteiger partial charge in [-0.1, -0.05) is 11.6 Å². The molecule has 1 unspecified atom stereocenters. The molecule has 0 spiro atoms. The summed E-state index contributed by atoms with van der Waals surface area (Å²) in [6.07, 6.45) is 3.34. The molecule has 1 atom stereocenters. The van der Waals surface area contributed by atoms with Crippen LogP contribution >= 0.6 is 22.9 Å². The van der Waals surface area contributed by atoms with Crippen molar-refractivity contribution in [2.45, 2.75) is 12.5 Å². The van der Waals surface area contributed by atoms with Crippen molar-refractivity contribution in [3.63, 3.8) is 0 Å². The van der Waals surface area contributed by atoms with E-state index in [4.69, 9.17) is 11.6 Å². The van der Waals surface area contributed by atoms with Gasteiger partial charge >= 0.3 is 0 Å². The fraction of sp³-hybridized carbons (Fsp3) is 0.385. The standard InChI is InChI=1S/C13H14ClN3O3S2/c1-22(19,20)16-8-3-5-17(7-8)13(18)11-6-10-12(21-11)9(14)2-4-15-10/h2,4,6,8,16H,3,5,7H2,1H3. The number of thiophene rings is 1. The maximum absolute atomic E-state index is 12.5. The topological polar surface area (TPSA) is 79.4 Å². The summed E-state index contributed by atoms with van der Waals surface area (Å²) in [6, 6.07) is 3.19. The van der Waals surface area contributed by atoms with Gasteiger partial charge in [0.1, 0.15) is 0 Å². The molecule has 3 rings (SSSR count). The fourth-order valence-electron chi connectivity index (χ4n) is 2.51. The minimum atomic E-state index is -3.26. The van der Waals surface area contributed by atoms with Crippen molar-refractivity contribution in [1.29, 1.82) is 0 Å². The van der Waals surface area contributed by atoms with Crippen molar-refractivity contribution >= 4 is 49.1 Å². The number of hydrogen-bond donors (Lipinski definition) is 1. The van der Waals surface area contributed by atoms with Crippen LogP contribution in [0, 0.1) is 0 Å². The van der Waals surface area contributed by atoms with Crippen LogP contribution in [0.1, 0.15) is 16.1 Å². The number of likely N-dealkylation sites (tertiary alicyclic amines) is 1. The van der Waals surface area contributed by atoms with Gasteiger partial charge in [0.15, 0.2) is 0 Å². The summed E-state index contributed by atoms with van der Waals surface area (Å²) >= 11 is 7.41. The van der Waals surface area contributed by atoms with Crippen LogP contribution in [0.25, 0.3) is 10.2 Å². The van der Waals surface area contributed by atoms with Crippen molar-refractivity contribution in [3.8, 4) is 0 Å². The Labute approximate surface area is 137 Å². The molecule has 0 aliphatic carbocycles. The lowest BCUT2D eigenvalue weighted by atomic mass is 10.3. The van der Waals surface area contributed by atoms with E-state index in [1.54, 1.807) is 23.2 Å². The summed E-state index contributed by atoms with van der Waals surface area (Å²) in [5, 5.41) is 0.576. The van der Waals surface area contributed by atoms with Gasteiger partial charge in [0.05, 0.1) is 26.4 Å². The van der Waals surface area contributed by atoms with Gasteiger partial charge in [0.2, 0.25) is 10.0 Å². The van der Waals surface area contributed by atoms with Crippen LogP contribution in [0.4, 0.5) is 0 Å². The summed E-state index contributed by atoms with van der Waals surface area (Å²) in [6.45, 7) is 0.905. The Balaban J connectivity index is 1.78. The zero-order valence-electron chi connectivity index (χ0n) is 11.7. The number of amides is 1. The van der Waals surface area contributed by atoms with E-state index in [1.165, 1.54) is 11.3 Å². The second-order valence-corrected chi connectivity index (χ2v) is 8.48. The molecular formula is C13H14ClN3O3S2. The van der Waals surface area contributed by atoms with Gasteiger partial charge in [-0.05, 0) is 18.6 Å². The molecule has 118 valence electrons. The first kappa shape index (κ1) is 15.7. The number of nitrogens with zero attached hydrogens (tertiary/aromatic N) is 2. The van der Waals surface area contributed by atoms with E-state index in [9.17, 15) is 13.2 Å². The molecule has 2 aromatic heterocycles. The molecule has 3 heterocycles. The lowest BCUT2D eigenvalue weighted by molar-refractivity contribution is 0.0795. The molecule has 0 radical (unpaired) electrons. The average molecular weight is 360 g/mol. The monoisotopic (exact) mass is 359 g/mol. The number of sulfonamides is 1. The van der Waals surface area contributed by atoms with E-state index < -0.39 is 10.0 Å². The van der Waals surface area contributed by atoms with Gasteiger partial charge in [-0.25, -0.2) is 13.1 Å². The Kier molecular flexibility index (Phi) is 4.11. The number of carbonyl (C=O) groups is 1. The molecule has 2 aromatic rings. The Hall–Kier alpha value is -1.22. The molecular weight excluding hydrogens is 346 g/mol. The lowest BCUT2D eigenvalue weighted by Gasteiger charge is -2.15. The molecule has 1 saturated heterocycles. The summed E-state index contributed by atoms with van der Waals surface area (Å²) in [7, 11) is -3.26. The second-order valence-electron chi connectivity index (χ2n) is 5.24. The van der Waals surface area contributed by atoms with Crippen molar-refractivity contribution in [3.05, 3.63) is 28.2 Å². The van der Waals surface area contributed by atoms with Gasteiger partial charge in [-0.15, -0.1) is 11.3 Å². The summed E-state index contributed by atoms with van der Waals surface area (Å²) < 4.78 is 25.8. The molecule has 22 heavy (non-hydrogen) atoms. The molecule has 0 bridgehead atoms. The van der Waals surface area contributed by atoms with Crippen molar-refractivity contribution in [2.75, 3.05) is 19.3 Å². The van der Waals surface area contributed by atoms with Crippen LogP contribution in [0.2, 0.25) is 5.02 Å². The van der Waals surface area contributed by atoms with Gasteiger partial charge in [0, 0.05) is 25.3 Å². The summed E-state index contributed by atoms with van der Waals surface area (Å²) in [5.41, 5.74) is 0.700. The quantitative estimate of drug-likeness (QED) is 0.904. The predicted octanol–water partition coefficient (Wildman–Crippen LogP) is 1.71. The van der Waals surface area contributed by atoms with Crippen molar-refractivity contribution in [1.82, 2.24) is 14.6 Å². The van der Waals surface area contributed by atoms with E-state index in [0.717, 1.165) is 11.0 Å². The van der Waals surface area contributed by atoms with Gasteiger partial charge < -0.3 is 4.90 Å². The zero-order valence-corrected chi connectivity index (χ0v) is 14.1. The number of pyridine rings is 1. The minimum absolute atomic E-state index is 0.114. The SMILES string of the molecule is CS(=O)(=O)NC1CCN(C(=O)c2cc3nccc(Cl)c3s2)C1. The highest BCUT2D eigenvalue weighted by atomic mass is 35.5. The molecule has 1 aliphatic heterocycles. The number of carbonyl (C=O) groups excluding carboxylic acids is 1. The number of fused-ring (bicyclic) bond motifs is 1. The first-order valence-electron chi connectivity index (χ1n) is 6.64. The zero-order chi connectivity index (χ0) is 15.9. The number of rotatable bonds is 3. The first-order valence-corrected chi connectivity index (χ1v) is 9.73. The van der Waals surface area contributed by atoms with Crippen LogP contribution in [0.5, 0.6) is 0 Å². The normalized spacial score (nSPS) is 19.0. The maximum Gasteiger partial charge on any atom is 0.264 e. The third-order valence-corrected chi connectivity index (χ3v) is 5.76. The fourth-order valence-corrected chi connectivity index (χ4v) is 4.57. The van der Waals surface area contributed by atoms with Crippen molar-refractivity contribution < 1.29 is 13.2 Å². The molecule has 6 nitrogen and oxygen atoms in total. The highest BCUT2D eigenvalue weighted by Gasteiger charge is 2.29. The Morgan fingerprint density at radius 3 is 3.00 bits per heavy atom. The van der Waals surface area contributed by atoms with E-state index in [1.807, 2.05) is 0 Å². The predicted molar refractivity (Wildman–Crippen MR) is 86.9 cm³/mol. The van der Waals surface area contributed by atoms with Crippen LogP contribution in [-0.2, 0) is 10.0 Å². The number of halogens is 1. The lowest BCUT2D eigenvalue weighted by Crippen LogP contribution is -2.37. The molecule has 0 saturated carbocycles. The van der Waals surface area contributed by atoms with Crippen LogP contribution < -0.4 is 4.72 Å². The van der Waals surface area contributed by atoms with Crippen LogP contribution in [0.15, 0.2) is 18.3 Å². The van der Waals surface area contributed by atoms with Gasteiger partial charge in [-0.3, -0.25) is 9.78 Å². The van der Waals surface area contributed by atoms with Gasteiger partial charge in [0.25, 0.3) is 5.91 Å². The Bertz CT molecular complexity index is 834. The van der Waals surface area contributed by atoms with Crippen LogP contribution in [0.3, 0.4) is 0 Å². The molecule has 9 heteroatoms.